The van der Waals surface area contributed by atoms with Crippen molar-refractivity contribution in [2.24, 2.45) is 0 Å². The quantitative estimate of drug-likeness (QED) is 0.688. The smallest absolute Gasteiger partial charge is 0.266 e. The number of halogens is 1. The predicted molar refractivity (Wildman–Crippen MR) is 65.4 cm³/mol. The van der Waals surface area contributed by atoms with Crippen molar-refractivity contribution in [1.82, 2.24) is 10.2 Å². The number of hydrogen-bond donors (Lipinski definition) is 1. The summed E-state index contributed by atoms with van der Waals surface area (Å²) in [5.41, 5.74) is -0.130. The van der Waals surface area contributed by atoms with Crippen LogP contribution in [0.3, 0.4) is 0 Å². The van der Waals surface area contributed by atoms with Gasteiger partial charge in [-0.2, -0.15) is 5.10 Å². The maximum absolute atomic E-state index is 11.6. The topological polar surface area (TPSA) is 45.8 Å². The van der Waals surface area contributed by atoms with Gasteiger partial charge in [0.15, 0.2) is 0 Å². The molecule has 2 aromatic heterocycles. The van der Waals surface area contributed by atoms with Crippen LogP contribution in [0.1, 0.15) is 0 Å². The summed E-state index contributed by atoms with van der Waals surface area (Å²) in [5.74, 6) is 0. The molecule has 0 saturated carbocycles. The van der Waals surface area contributed by atoms with Gasteiger partial charge in [0, 0.05) is 15.5 Å². The molecule has 0 aliphatic heterocycles. The van der Waals surface area contributed by atoms with E-state index >= 15 is 0 Å². The average molecular weight is 281 g/mol. The van der Waals surface area contributed by atoms with Gasteiger partial charge in [0.25, 0.3) is 5.56 Å². The second kappa shape index (κ2) is 3.15. The highest BCUT2D eigenvalue weighted by atomic mass is 79.9. The molecule has 0 unspecified atom stereocenters. The molecule has 1 aromatic carbocycles. The molecule has 0 atom stereocenters. The number of H-pyrrole nitrogens is 1. The molecule has 3 rings (SSSR count). The van der Waals surface area contributed by atoms with Crippen LogP contribution in [-0.2, 0) is 0 Å². The third-order valence-corrected chi connectivity index (χ3v) is 4.01. The number of nitrogens with zero attached hydrogens (tertiary/aromatic N) is 1. The lowest BCUT2D eigenvalue weighted by Crippen LogP contribution is -2.06. The predicted octanol–water partition coefficient (Wildman–Crippen LogP) is 2.90. The van der Waals surface area contributed by atoms with E-state index in [0.29, 0.717) is 4.60 Å². The summed E-state index contributed by atoms with van der Waals surface area (Å²) in [6.45, 7) is 0. The first kappa shape index (κ1) is 9.06. The Morgan fingerprint density at radius 1 is 1.33 bits per heavy atom. The van der Waals surface area contributed by atoms with Crippen molar-refractivity contribution in [3.63, 3.8) is 0 Å². The number of fused-ring (bicyclic) bond motifs is 3. The molecule has 0 amide bonds. The zero-order chi connectivity index (χ0) is 10.4. The first-order valence-corrected chi connectivity index (χ1v) is 5.94. The van der Waals surface area contributed by atoms with E-state index in [1.54, 1.807) is 0 Å². The van der Waals surface area contributed by atoms with Crippen molar-refractivity contribution < 1.29 is 0 Å². The Bertz CT molecular complexity index is 716. The van der Waals surface area contributed by atoms with Gasteiger partial charge in [-0.1, -0.05) is 18.2 Å². The van der Waals surface area contributed by atoms with E-state index in [1.165, 1.54) is 11.3 Å². The molecule has 1 N–H and O–H groups in total. The summed E-state index contributed by atoms with van der Waals surface area (Å²) in [6, 6.07) is 7.93. The van der Waals surface area contributed by atoms with Crippen LogP contribution < -0.4 is 5.56 Å². The van der Waals surface area contributed by atoms with Gasteiger partial charge < -0.3 is 0 Å². The van der Waals surface area contributed by atoms with Gasteiger partial charge in [-0.3, -0.25) is 4.79 Å². The lowest BCUT2D eigenvalue weighted by Gasteiger charge is -1.92. The average Bonchev–Trinajstić information content (AvgIpc) is 2.64. The van der Waals surface area contributed by atoms with Crippen molar-refractivity contribution >= 4 is 47.4 Å². The van der Waals surface area contributed by atoms with Crippen LogP contribution in [0.2, 0.25) is 0 Å². The molecule has 15 heavy (non-hydrogen) atoms. The Hall–Kier alpha value is -1.20. The normalized spacial score (nSPS) is 11.3. The SMILES string of the molecule is O=c1[nH]nc(Br)c2c1sc1ccccc12. The van der Waals surface area contributed by atoms with Crippen molar-refractivity contribution in [2.75, 3.05) is 0 Å². The largest absolute Gasteiger partial charge is 0.282 e. The van der Waals surface area contributed by atoms with Crippen LogP contribution in [-0.4, -0.2) is 10.2 Å². The molecule has 0 aliphatic rings. The zero-order valence-electron chi connectivity index (χ0n) is 7.45. The summed E-state index contributed by atoms with van der Waals surface area (Å²) in [4.78, 5) is 11.6. The number of aromatic nitrogens is 2. The fourth-order valence-corrected chi connectivity index (χ4v) is 3.34. The second-order valence-corrected chi connectivity index (χ2v) is 4.95. The number of benzene rings is 1. The molecule has 0 radical (unpaired) electrons. The Morgan fingerprint density at radius 2 is 2.13 bits per heavy atom. The molecule has 0 saturated heterocycles. The van der Waals surface area contributed by atoms with Gasteiger partial charge in [0.2, 0.25) is 0 Å². The molecule has 0 spiro atoms. The number of hydrogen-bond acceptors (Lipinski definition) is 3. The minimum Gasteiger partial charge on any atom is -0.266 e. The van der Waals surface area contributed by atoms with Crippen LogP contribution in [0.5, 0.6) is 0 Å². The van der Waals surface area contributed by atoms with Gasteiger partial charge in [-0.15, -0.1) is 11.3 Å². The summed E-state index contributed by atoms with van der Waals surface area (Å²) in [6.07, 6.45) is 0. The Kier molecular flexibility index (Phi) is 1.90. The summed E-state index contributed by atoms with van der Waals surface area (Å²) in [5, 5.41) is 8.35. The lowest BCUT2D eigenvalue weighted by atomic mass is 10.2. The molecule has 3 aromatic rings. The molecule has 5 heteroatoms. The zero-order valence-corrected chi connectivity index (χ0v) is 9.85. The fraction of sp³-hybridized carbons (Fsp3) is 0. The lowest BCUT2D eigenvalue weighted by molar-refractivity contribution is 0.994. The number of rotatable bonds is 0. The molecule has 3 nitrogen and oxygen atoms in total. The van der Waals surface area contributed by atoms with E-state index in [0.717, 1.165) is 20.2 Å². The van der Waals surface area contributed by atoms with Gasteiger partial charge in [-0.25, -0.2) is 5.10 Å². The number of thiophene rings is 1. The van der Waals surface area contributed by atoms with Crippen LogP contribution >= 0.6 is 27.3 Å². The summed E-state index contributed by atoms with van der Waals surface area (Å²) < 4.78 is 2.51. The standard InChI is InChI=1S/C10H5BrN2OS/c11-9-7-5-3-1-2-4-6(5)15-8(7)10(14)13-12-9/h1-4H,(H,13,14). The third-order valence-electron chi connectivity index (χ3n) is 2.26. The first-order chi connectivity index (χ1) is 7.27. The van der Waals surface area contributed by atoms with Crippen molar-refractivity contribution in [1.29, 1.82) is 0 Å². The molecule has 2 heterocycles. The minimum absolute atomic E-state index is 0.130. The fourth-order valence-electron chi connectivity index (χ4n) is 1.62. The molecule has 0 aliphatic carbocycles. The third kappa shape index (κ3) is 1.23. The molecule has 0 fully saturated rings. The van der Waals surface area contributed by atoms with Gasteiger partial charge in [0.05, 0.1) is 0 Å². The first-order valence-electron chi connectivity index (χ1n) is 4.33. The number of nitrogens with one attached hydrogen (secondary N) is 1. The van der Waals surface area contributed by atoms with Crippen LogP contribution in [0.4, 0.5) is 0 Å². The van der Waals surface area contributed by atoms with Gasteiger partial charge in [0.1, 0.15) is 9.30 Å². The van der Waals surface area contributed by atoms with E-state index in [-0.39, 0.29) is 5.56 Å². The second-order valence-electron chi connectivity index (χ2n) is 3.15. The minimum atomic E-state index is -0.130. The molecule has 74 valence electrons. The highest BCUT2D eigenvalue weighted by Gasteiger charge is 2.11. The van der Waals surface area contributed by atoms with Crippen molar-refractivity contribution in [3.8, 4) is 0 Å². The summed E-state index contributed by atoms with van der Waals surface area (Å²) in [7, 11) is 0. The van der Waals surface area contributed by atoms with E-state index in [9.17, 15) is 4.79 Å². The monoisotopic (exact) mass is 280 g/mol. The maximum atomic E-state index is 11.6. The highest BCUT2D eigenvalue weighted by molar-refractivity contribution is 9.10. The van der Waals surface area contributed by atoms with Crippen LogP contribution in [0.15, 0.2) is 33.7 Å². The van der Waals surface area contributed by atoms with E-state index in [2.05, 4.69) is 26.1 Å². The van der Waals surface area contributed by atoms with Crippen LogP contribution in [0, 0.1) is 0 Å². The van der Waals surface area contributed by atoms with Crippen molar-refractivity contribution in [2.45, 2.75) is 0 Å². The van der Waals surface area contributed by atoms with Crippen LogP contribution in [0.25, 0.3) is 20.2 Å². The maximum Gasteiger partial charge on any atom is 0.282 e. The Morgan fingerprint density at radius 3 is 3.00 bits per heavy atom. The van der Waals surface area contributed by atoms with Gasteiger partial charge >= 0.3 is 0 Å². The Balaban J connectivity index is 2.72. The molecular formula is C10H5BrN2OS. The van der Waals surface area contributed by atoms with Crippen molar-refractivity contribution in [3.05, 3.63) is 39.2 Å². The molecule has 0 bridgehead atoms. The Labute approximate surface area is 96.9 Å². The van der Waals surface area contributed by atoms with E-state index in [4.69, 9.17) is 0 Å². The summed E-state index contributed by atoms with van der Waals surface area (Å²) >= 11 is 4.85. The van der Waals surface area contributed by atoms with E-state index in [1.807, 2.05) is 24.3 Å². The number of aromatic amines is 1. The molecular weight excluding hydrogens is 276 g/mol. The highest BCUT2D eigenvalue weighted by Crippen LogP contribution is 2.34. The van der Waals surface area contributed by atoms with E-state index < -0.39 is 0 Å². The van der Waals surface area contributed by atoms with Gasteiger partial charge in [-0.05, 0) is 22.0 Å².